The molecule has 1 rings (SSSR count). The first-order valence-corrected chi connectivity index (χ1v) is 6.24. The highest BCUT2D eigenvalue weighted by molar-refractivity contribution is 5.33. The van der Waals surface area contributed by atoms with Gasteiger partial charge in [0, 0.05) is 25.8 Å². The molecule has 1 aromatic rings. The van der Waals surface area contributed by atoms with E-state index in [1.165, 1.54) is 12.1 Å². The Morgan fingerprint density at radius 3 is 2.78 bits per heavy atom. The molecular weight excluding hydrogens is 233 g/mol. The summed E-state index contributed by atoms with van der Waals surface area (Å²) in [6.07, 6.45) is 0. The van der Waals surface area contributed by atoms with Crippen LogP contribution in [0.1, 0.15) is 19.4 Å². The molecule has 1 aromatic carbocycles. The quantitative estimate of drug-likeness (QED) is 0.724. The molecule has 3 nitrogen and oxygen atoms in total. The Morgan fingerprint density at radius 2 is 2.11 bits per heavy atom. The van der Waals surface area contributed by atoms with Crippen LogP contribution in [-0.2, 0) is 11.3 Å². The number of hydrogen-bond donors (Lipinski definition) is 1. The van der Waals surface area contributed by atoms with Crippen LogP contribution in [0.5, 0.6) is 5.75 Å². The zero-order valence-corrected chi connectivity index (χ0v) is 11.3. The average Bonchev–Trinajstić information content (AvgIpc) is 2.33. The van der Waals surface area contributed by atoms with Crippen LogP contribution in [0.25, 0.3) is 0 Å². The molecule has 0 bridgehead atoms. The monoisotopic (exact) mass is 255 g/mol. The lowest BCUT2D eigenvalue weighted by Gasteiger charge is -2.13. The molecule has 0 aliphatic heterocycles. The summed E-state index contributed by atoms with van der Waals surface area (Å²) in [5, 5.41) is 3.19. The lowest BCUT2D eigenvalue weighted by molar-refractivity contribution is 0.199. The Hall–Kier alpha value is -1.13. The predicted octanol–water partition coefficient (Wildman–Crippen LogP) is 2.60. The number of methoxy groups -OCH3 is 1. The normalized spacial score (nSPS) is 10.9. The Kier molecular flexibility index (Phi) is 6.68. The number of hydrogen-bond acceptors (Lipinski definition) is 3. The van der Waals surface area contributed by atoms with E-state index in [0.29, 0.717) is 25.7 Å². The van der Waals surface area contributed by atoms with Gasteiger partial charge in [-0.25, -0.2) is 4.39 Å². The molecule has 18 heavy (non-hydrogen) atoms. The van der Waals surface area contributed by atoms with Gasteiger partial charge in [0.25, 0.3) is 0 Å². The summed E-state index contributed by atoms with van der Waals surface area (Å²) in [4.78, 5) is 0. The SMILES string of the molecule is COCCNCc1cc(F)ccc1OCC(C)C. The molecular formula is C14H22FNO2. The molecule has 0 aliphatic rings. The van der Waals surface area contributed by atoms with Crippen molar-refractivity contribution in [1.82, 2.24) is 5.32 Å². The Labute approximate surface area is 108 Å². The van der Waals surface area contributed by atoms with Gasteiger partial charge in [0.05, 0.1) is 13.2 Å². The third-order valence-corrected chi connectivity index (χ3v) is 2.39. The summed E-state index contributed by atoms with van der Waals surface area (Å²) in [6.45, 7) is 6.75. The van der Waals surface area contributed by atoms with Crippen molar-refractivity contribution >= 4 is 0 Å². The second-order valence-corrected chi connectivity index (χ2v) is 4.63. The molecule has 0 amide bonds. The van der Waals surface area contributed by atoms with Crippen LogP contribution in [0.3, 0.4) is 0 Å². The van der Waals surface area contributed by atoms with E-state index in [9.17, 15) is 4.39 Å². The third-order valence-electron chi connectivity index (χ3n) is 2.39. The van der Waals surface area contributed by atoms with Crippen molar-refractivity contribution in [3.05, 3.63) is 29.6 Å². The summed E-state index contributed by atoms with van der Waals surface area (Å²) < 4.78 is 23.8. The molecule has 0 fully saturated rings. The van der Waals surface area contributed by atoms with Gasteiger partial charge in [-0.3, -0.25) is 0 Å². The molecule has 0 aliphatic carbocycles. The fourth-order valence-corrected chi connectivity index (χ4v) is 1.48. The minimum Gasteiger partial charge on any atom is -0.493 e. The fraction of sp³-hybridized carbons (Fsp3) is 0.571. The summed E-state index contributed by atoms with van der Waals surface area (Å²) in [7, 11) is 1.65. The van der Waals surface area contributed by atoms with Crippen molar-refractivity contribution in [2.24, 2.45) is 5.92 Å². The van der Waals surface area contributed by atoms with Gasteiger partial charge >= 0.3 is 0 Å². The second kappa shape index (κ2) is 8.06. The first kappa shape index (κ1) is 14.9. The van der Waals surface area contributed by atoms with E-state index in [0.717, 1.165) is 17.9 Å². The van der Waals surface area contributed by atoms with E-state index < -0.39 is 0 Å². The van der Waals surface area contributed by atoms with Crippen molar-refractivity contribution in [2.75, 3.05) is 26.9 Å². The first-order valence-electron chi connectivity index (χ1n) is 6.24. The molecule has 0 saturated heterocycles. The van der Waals surface area contributed by atoms with Crippen LogP contribution < -0.4 is 10.1 Å². The summed E-state index contributed by atoms with van der Waals surface area (Å²) in [5.41, 5.74) is 0.840. The lowest BCUT2D eigenvalue weighted by atomic mass is 10.2. The molecule has 0 saturated carbocycles. The summed E-state index contributed by atoms with van der Waals surface area (Å²) in [6, 6.07) is 4.62. The van der Waals surface area contributed by atoms with Crippen LogP contribution in [0.4, 0.5) is 4.39 Å². The average molecular weight is 255 g/mol. The van der Waals surface area contributed by atoms with Gasteiger partial charge in [-0.15, -0.1) is 0 Å². The van der Waals surface area contributed by atoms with E-state index in [4.69, 9.17) is 9.47 Å². The first-order chi connectivity index (χ1) is 8.63. The van der Waals surface area contributed by atoms with Crippen LogP contribution in [0, 0.1) is 11.7 Å². The molecule has 0 radical (unpaired) electrons. The van der Waals surface area contributed by atoms with E-state index in [-0.39, 0.29) is 5.82 Å². The van der Waals surface area contributed by atoms with Gasteiger partial charge in [0.1, 0.15) is 11.6 Å². The Bertz CT molecular complexity index is 356. The van der Waals surface area contributed by atoms with Crippen LogP contribution in [0.15, 0.2) is 18.2 Å². The van der Waals surface area contributed by atoms with E-state index in [1.54, 1.807) is 13.2 Å². The number of rotatable bonds is 8. The zero-order valence-electron chi connectivity index (χ0n) is 11.3. The second-order valence-electron chi connectivity index (χ2n) is 4.63. The highest BCUT2D eigenvalue weighted by Crippen LogP contribution is 2.20. The van der Waals surface area contributed by atoms with Gasteiger partial charge in [-0.1, -0.05) is 13.8 Å². The van der Waals surface area contributed by atoms with Crippen molar-refractivity contribution in [3.63, 3.8) is 0 Å². The van der Waals surface area contributed by atoms with E-state index in [2.05, 4.69) is 19.2 Å². The highest BCUT2D eigenvalue weighted by atomic mass is 19.1. The molecule has 0 spiro atoms. The molecule has 0 heterocycles. The molecule has 1 N–H and O–H groups in total. The maximum Gasteiger partial charge on any atom is 0.123 e. The van der Waals surface area contributed by atoms with E-state index in [1.807, 2.05) is 0 Å². The van der Waals surface area contributed by atoms with Crippen molar-refractivity contribution in [1.29, 1.82) is 0 Å². The van der Waals surface area contributed by atoms with Crippen LogP contribution in [0.2, 0.25) is 0 Å². The van der Waals surface area contributed by atoms with Crippen molar-refractivity contribution in [2.45, 2.75) is 20.4 Å². The molecule has 4 heteroatoms. The van der Waals surface area contributed by atoms with Crippen LogP contribution in [-0.4, -0.2) is 26.9 Å². The number of benzene rings is 1. The highest BCUT2D eigenvalue weighted by Gasteiger charge is 2.06. The Morgan fingerprint density at radius 1 is 1.33 bits per heavy atom. The Balaban J connectivity index is 2.58. The van der Waals surface area contributed by atoms with Gasteiger partial charge in [-0.05, 0) is 24.1 Å². The summed E-state index contributed by atoms with van der Waals surface area (Å²) in [5.74, 6) is 0.954. The molecule has 102 valence electrons. The standard InChI is InChI=1S/C14H22FNO2/c1-11(2)10-18-14-5-4-13(15)8-12(14)9-16-6-7-17-3/h4-5,8,11,16H,6-7,9-10H2,1-3H3. The minimum atomic E-state index is -0.240. The topological polar surface area (TPSA) is 30.5 Å². The van der Waals surface area contributed by atoms with Crippen molar-refractivity contribution in [3.8, 4) is 5.75 Å². The van der Waals surface area contributed by atoms with Crippen LogP contribution >= 0.6 is 0 Å². The van der Waals surface area contributed by atoms with Gasteiger partial charge < -0.3 is 14.8 Å². The smallest absolute Gasteiger partial charge is 0.123 e. The lowest BCUT2D eigenvalue weighted by Crippen LogP contribution is -2.19. The van der Waals surface area contributed by atoms with Gasteiger partial charge in [-0.2, -0.15) is 0 Å². The van der Waals surface area contributed by atoms with Gasteiger partial charge in [0.15, 0.2) is 0 Å². The molecule has 0 unspecified atom stereocenters. The number of halogens is 1. The molecule has 0 aromatic heterocycles. The zero-order chi connectivity index (χ0) is 13.4. The maximum absolute atomic E-state index is 13.2. The van der Waals surface area contributed by atoms with Crippen molar-refractivity contribution < 1.29 is 13.9 Å². The third kappa shape index (κ3) is 5.47. The minimum absolute atomic E-state index is 0.240. The predicted molar refractivity (Wildman–Crippen MR) is 70.3 cm³/mol. The largest absolute Gasteiger partial charge is 0.493 e. The number of ether oxygens (including phenoxy) is 2. The maximum atomic E-state index is 13.2. The van der Waals surface area contributed by atoms with Gasteiger partial charge in [0.2, 0.25) is 0 Å². The van der Waals surface area contributed by atoms with E-state index >= 15 is 0 Å². The summed E-state index contributed by atoms with van der Waals surface area (Å²) >= 11 is 0. The number of nitrogens with one attached hydrogen (secondary N) is 1. The molecule has 0 atom stereocenters. The fourth-order valence-electron chi connectivity index (χ4n) is 1.48.